The first-order valence-electron chi connectivity index (χ1n) is 6.88. The van der Waals surface area contributed by atoms with E-state index in [9.17, 15) is 5.11 Å². The molecule has 0 amide bonds. The van der Waals surface area contributed by atoms with Crippen LogP contribution in [0.4, 0.5) is 0 Å². The predicted molar refractivity (Wildman–Crippen MR) is 67.3 cm³/mol. The summed E-state index contributed by atoms with van der Waals surface area (Å²) in [6.45, 7) is 7.44. The van der Waals surface area contributed by atoms with Crippen molar-refractivity contribution in [2.24, 2.45) is 17.3 Å². The van der Waals surface area contributed by atoms with Gasteiger partial charge in [-0.2, -0.15) is 0 Å². The fraction of sp³-hybridized carbons (Fsp3) is 1.00. The molecule has 94 valence electrons. The first kappa shape index (κ1) is 12.4. The molecule has 2 rings (SSSR count). The summed E-state index contributed by atoms with van der Waals surface area (Å²) >= 11 is 0. The van der Waals surface area contributed by atoms with E-state index in [1.165, 1.54) is 25.7 Å². The molecule has 0 aromatic rings. The smallest absolute Gasteiger partial charge is 0.0517 e. The Balaban J connectivity index is 1.74. The molecule has 2 saturated carbocycles. The Morgan fingerprint density at radius 1 is 1.31 bits per heavy atom. The van der Waals surface area contributed by atoms with E-state index in [1.54, 1.807) is 0 Å². The van der Waals surface area contributed by atoms with Crippen molar-refractivity contribution >= 4 is 0 Å². The molecule has 2 aliphatic rings. The summed E-state index contributed by atoms with van der Waals surface area (Å²) in [6, 6.07) is 0.770. The van der Waals surface area contributed by atoms with Crippen molar-refractivity contribution < 1.29 is 5.11 Å². The lowest BCUT2D eigenvalue weighted by Crippen LogP contribution is -2.40. The molecule has 0 aromatic heterocycles. The number of nitrogens with one attached hydrogen (secondary N) is 1. The van der Waals surface area contributed by atoms with Crippen LogP contribution in [0.3, 0.4) is 0 Å². The van der Waals surface area contributed by atoms with Crippen molar-refractivity contribution in [2.45, 2.75) is 65.0 Å². The van der Waals surface area contributed by atoms with Gasteiger partial charge in [0.25, 0.3) is 0 Å². The standard InChI is InChI=1S/C14H27NO/c1-10(16)8-14(2,3)9-15-13-7-11-4-5-12(13)6-11/h10-13,15-16H,4-9H2,1-3H3. The zero-order valence-corrected chi connectivity index (χ0v) is 11.0. The van der Waals surface area contributed by atoms with E-state index in [-0.39, 0.29) is 11.5 Å². The Morgan fingerprint density at radius 3 is 2.56 bits per heavy atom. The van der Waals surface area contributed by atoms with Gasteiger partial charge in [0, 0.05) is 12.6 Å². The maximum atomic E-state index is 9.46. The van der Waals surface area contributed by atoms with Crippen LogP contribution < -0.4 is 5.32 Å². The highest BCUT2D eigenvalue weighted by molar-refractivity contribution is 4.94. The number of aliphatic hydroxyl groups excluding tert-OH is 1. The van der Waals surface area contributed by atoms with Crippen molar-refractivity contribution in [1.29, 1.82) is 0 Å². The highest BCUT2D eigenvalue weighted by Crippen LogP contribution is 2.44. The average molecular weight is 225 g/mol. The summed E-state index contributed by atoms with van der Waals surface area (Å²) in [5, 5.41) is 13.2. The van der Waals surface area contributed by atoms with Crippen LogP contribution in [0.5, 0.6) is 0 Å². The van der Waals surface area contributed by atoms with Gasteiger partial charge in [0.1, 0.15) is 0 Å². The van der Waals surface area contributed by atoms with Crippen LogP contribution in [0.25, 0.3) is 0 Å². The Labute approximate surface area is 99.8 Å². The summed E-state index contributed by atoms with van der Waals surface area (Å²) < 4.78 is 0. The molecule has 2 bridgehead atoms. The van der Waals surface area contributed by atoms with Gasteiger partial charge in [-0.1, -0.05) is 20.3 Å². The van der Waals surface area contributed by atoms with Crippen molar-refractivity contribution in [1.82, 2.24) is 5.32 Å². The number of hydrogen-bond acceptors (Lipinski definition) is 2. The summed E-state index contributed by atoms with van der Waals surface area (Å²) in [4.78, 5) is 0. The molecule has 0 aromatic carbocycles. The molecule has 0 radical (unpaired) electrons. The van der Waals surface area contributed by atoms with Gasteiger partial charge in [-0.15, -0.1) is 0 Å². The van der Waals surface area contributed by atoms with Crippen molar-refractivity contribution in [3.05, 3.63) is 0 Å². The molecule has 2 fully saturated rings. The summed E-state index contributed by atoms with van der Waals surface area (Å²) in [7, 11) is 0. The van der Waals surface area contributed by atoms with Gasteiger partial charge >= 0.3 is 0 Å². The molecular weight excluding hydrogens is 198 g/mol. The quantitative estimate of drug-likeness (QED) is 0.753. The fourth-order valence-electron chi connectivity index (χ4n) is 3.77. The van der Waals surface area contributed by atoms with Crippen LogP contribution >= 0.6 is 0 Å². The van der Waals surface area contributed by atoms with Crippen molar-refractivity contribution in [3.63, 3.8) is 0 Å². The first-order chi connectivity index (χ1) is 7.46. The Morgan fingerprint density at radius 2 is 2.06 bits per heavy atom. The molecule has 0 spiro atoms. The van der Waals surface area contributed by atoms with Crippen LogP contribution in [0.15, 0.2) is 0 Å². The van der Waals surface area contributed by atoms with Crippen LogP contribution in [0.1, 0.15) is 52.9 Å². The summed E-state index contributed by atoms with van der Waals surface area (Å²) in [5.41, 5.74) is 0.218. The minimum Gasteiger partial charge on any atom is -0.393 e. The first-order valence-corrected chi connectivity index (χ1v) is 6.88. The molecule has 2 nitrogen and oxygen atoms in total. The topological polar surface area (TPSA) is 32.3 Å². The molecular formula is C14H27NO. The monoisotopic (exact) mass is 225 g/mol. The van der Waals surface area contributed by atoms with Gasteiger partial charge in [-0.05, 0) is 49.9 Å². The van der Waals surface area contributed by atoms with Crippen molar-refractivity contribution in [3.8, 4) is 0 Å². The third-order valence-electron chi connectivity index (χ3n) is 4.43. The second-order valence-electron chi connectivity index (χ2n) is 6.88. The largest absolute Gasteiger partial charge is 0.393 e. The summed E-state index contributed by atoms with van der Waals surface area (Å²) in [5.74, 6) is 1.97. The van der Waals surface area contributed by atoms with Gasteiger partial charge in [0.15, 0.2) is 0 Å². The minimum atomic E-state index is -0.183. The van der Waals surface area contributed by atoms with Gasteiger partial charge in [-0.3, -0.25) is 0 Å². The number of aliphatic hydroxyl groups is 1. The molecule has 4 unspecified atom stereocenters. The van der Waals surface area contributed by atoms with E-state index >= 15 is 0 Å². The molecule has 16 heavy (non-hydrogen) atoms. The van der Waals surface area contributed by atoms with Crippen LogP contribution in [-0.4, -0.2) is 23.8 Å². The number of rotatable bonds is 5. The highest BCUT2D eigenvalue weighted by Gasteiger charge is 2.39. The lowest BCUT2D eigenvalue weighted by atomic mass is 9.86. The lowest BCUT2D eigenvalue weighted by Gasteiger charge is -2.31. The maximum Gasteiger partial charge on any atom is 0.0517 e. The van der Waals surface area contributed by atoms with E-state index in [0.717, 1.165) is 30.8 Å². The molecule has 2 N–H and O–H groups in total. The number of fused-ring (bicyclic) bond motifs is 2. The fourth-order valence-corrected chi connectivity index (χ4v) is 3.77. The van der Waals surface area contributed by atoms with Gasteiger partial charge < -0.3 is 10.4 Å². The van der Waals surface area contributed by atoms with E-state index in [4.69, 9.17) is 0 Å². The van der Waals surface area contributed by atoms with Gasteiger partial charge in [0.2, 0.25) is 0 Å². The zero-order chi connectivity index (χ0) is 11.8. The molecule has 4 atom stereocenters. The molecule has 0 saturated heterocycles. The van der Waals surface area contributed by atoms with Crippen LogP contribution in [-0.2, 0) is 0 Å². The summed E-state index contributed by atoms with van der Waals surface area (Å²) in [6.07, 6.45) is 6.49. The molecule has 2 aliphatic carbocycles. The third kappa shape index (κ3) is 2.98. The van der Waals surface area contributed by atoms with Crippen molar-refractivity contribution in [2.75, 3.05) is 6.54 Å². The zero-order valence-electron chi connectivity index (χ0n) is 11.0. The van der Waals surface area contributed by atoms with Gasteiger partial charge in [-0.25, -0.2) is 0 Å². The Bertz CT molecular complexity index is 237. The SMILES string of the molecule is CC(O)CC(C)(C)CNC1CC2CCC1C2. The predicted octanol–water partition coefficient (Wildman–Crippen LogP) is 2.56. The number of hydrogen-bond donors (Lipinski definition) is 2. The molecule has 0 aliphatic heterocycles. The van der Waals surface area contributed by atoms with Crippen LogP contribution in [0, 0.1) is 17.3 Å². The highest BCUT2D eigenvalue weighted by atomic mass is 16.3. The molecule has 2 heteroatoms. The van der Waals surface area contributed by atoms with E-state index < -0.39 is 0 Å². The normalized spacial score (nSPS) is 35.6. The van der Waals surface area contributed by atoms with Crippen LogP contribution in [0.2, 0.25) is 0 Å². The maximum absolute atomic E-state index is 9.46. The van der Waals surface area contributed by atoms with E-state index in [1.807, 2.05) is 6.92 Å². The average Bonchev–Trinajstić information content (AvgIpc) is 2.73. The lowest BCUT2D eigenvalue weighted by molar-refractivity contribution is 0.124. The second-order valence-corrected chi connectivity index (χ2v) is 6.88. The minimum absolute atomic E-state index is 0.183. The Kier molecular flexibility index (Phi) is 3.60. The molecule has 0 heterocycles. The van der Waals surface area contributed by atoms with E-state index in [2.05, 4.69) is 19.2 Å². The van der Waals surface area contributed by atoms with Gasteiger partial charge in [0.05, 0.1) is 6.10 Å². The van der Waals surface area contributed by atoms with E-state index in [0.29, 0.717) is 0 Å². The third-order valence-corrected chi connectivity index (χ3v) is 4.43. The second kappa shape index (κ2) is 4.66. The Hall–Kier alpha value is -0.0800.